The van der Waals surface area contributed by atoms with Crippen LogP contribution in [0.15, 0.2) is 36.7 Å². The van der Waals surface area contributed by atoms with Crippen LogP contribution in [-0.4, -0.2) is 4.98 Å². The first-order valence-electron chi connectivity index (χ1n) is 5.40. The van der Waals surface area contributed by atoms with Crippen LogP contribution in [0.25, 0.3) is 0 Å². The van der Waals surface area contributed by atoms with E-state index in [1.54, 1.807) is 30.6 Å². The van der Waals surface area contributed by atoms with Gasteiger partial charge in [-0.05, 0) is 24.3 Å². The first-order chi connectivity index (χ1) is 8.70. The lowest BCUT2D eigenvalue weighted by atomic mass is 10.2. The van der Waals surface area contributed by atoms with Gasteiger partial charge in [-0.15, -0.1) is 0 Å². The first kappa shape index (κ1) is 13.1. The second-order valence-corrected chi connectivity index (χ2v) is 4.56. The average molecular weight is 283 g/mol. The van der Waals surface area contributed by atoms with Gasteiger partial charge in [0.15, 0.2) is 0 Å². The molecule has 2 aromatic rings. The van der Waals surface area contributed by atoms with E-state index in [2.05, 4.69) is 4.98 Å². The van der Waals surface area contributed by atoms with Crippen molar-refractivity contribution in [3.8, 4) is 5.75 Å². The molecule has 0 aliphatic heterocycles. The highest BCUT2D eigenvalue weighted by Crippen LogP contribution is 2.24. The molecule has 0 bridgehead atoms. The minimum absolute atomic E-state index is 0.371. The van der Waals surface area contributed by atoms with Crippen molar-refractivity contribution in [3.63, 3.8) is 0 Å². The van der Waals surface area contributed by atoms with Crippen LogP contribution in [0.5, 0.6) is 5.75 Å². The molecule has 2 rings (SSSR count). The second kappa shape index (κ2) is 6.05. The Labute approximate surface area is 115 Å². The SMILES string of the molecule is NCc1cc(Cl)ccc1OCc1ccncc1Cl. The van der Waals surface area contributed by atoms with Crippen LogP contribution in [0.4, 0.5) is 0 Å². The molecule has 0 unspecified atom stereocenters. The summed E-state index contributed by atoms with van der Waals surface area (Å²) >= 11 is 11.9. The van der Waals surface area contributed by atoms with E-state index in [-0.39, 0.29) is 0 Å². The number of pyridine rings is 1. The van der Waals surface area contributed by atoms with Crippen LogP contribution in [0, 0.1) is 0 Å². The first-order valence-corrected chi connectivity index (χ1v) is 6.16. The van der Waals surface area contributed by atoms with Crippen LogP contribution in [-0.2, 0) is 13.2 Å². The van der Waals surface area contributed by atoms with Crippen molar-refractivity contribution in [2.45, 2.75) is 13.2 Å². The zero-order chi connectivity index (χ0) is 13.0. The maximum Gasteiger partial charge on any atom is 0.124 e. The molecule has 94 valence electrons. The summed E-state index contributed by atoms with van der Waals surface area (Å²) in [5, 5.41) is 1.23. The van der Waals surface area contributed by atoms with E-state index in [9.17, 15) is 0 Å². The summed E-state index contributed by atoms with van der Waals surface area (Å²) in [5.74, 6) is 0.717. The lowest BCUT2D eigenvalue weighted by Crippen LogP contribution is -2.03. The van der Waals surface area contributed by atoms with Crippen molar-refractivity contribution in [3.05, 3.63) is 57.8 Å². The Kier molecular flexibility index (Phi) is 4.42. The van der Waals surface area contributed by atoms with Gasteiger partial charge in [0.2, 0.25) is 0 Å². The Morgan fingerprint density at radius 3 is 2.72 bits per heavy atom. The summed E-state index contributed by atoms with van der Waals surface area (Å²) < 4.78 is 5.70. The number of ether oxygens (including phenoxy) is 1. The Bertz CT molecular complexity index is 546. The van der Waals surface area contributed by atoms with Gasteiger partial charge in [0.1, 0.15) is 12.4 Å². The summed E-state index contributed by atoms with van der Waals surface area (Å²) in [7, 11) is 0. The Hall–Kier alpha value is -1.29. The van der Waals surface area contributed by atoms with Crippen LogP contribution < -0.4 is 10.5 Å². The van der Waals surface area contributed by atoms with Gasteiger partial charge in [0.25, 0.3) is 0 Å². The van der Waals surface area contributed by atoms with Gasteiger partial charge >= 0.3 is 0 Å². The molecule has 0 saturated heterocycles. The molecule has 18 heavy (non-hydrogen) atoms. The topological polar surface area (TPSA) is 48.1 Å². The predicted molar refractivity (Wildman–Crippen MR) is 72.9 cm³/mol. The van der Waals surface area contributed by atoms with Gasteiger partial charge in [-0.3, -0.25) is 4.98 Å². The molecule has 0 spiro atoms. The zero-order valence-corrected chi connectivity index (χ0v) is 11.1. The van der Waals surface area contributed by atoms with Gasteiger partial charge in [-0.1, -0.05) is 23.2 Å². The van der Waals surface area contributed by atoms with Crippen molar-refractivity contribution in [1.82, 2.24) is 4.98 Å². The van der Waals surface area contributed by atoms with Gasteiger partial charge in [0, 0.05) is 35.1 Å². The fourth-order valence-corrected chi connectivity index (χ4v) is 1.89. The molecule has 3 nitrogen and oxygen atoms in total. The van der Waals surface area contributed by atoms with E-state index in [0.29, 0.717) is 23.2 Å². The third kappa shape index (κ3) is 3.13. The number of rotatable bonds is 4. The molecule has 0 aliphatic rings. The van der Waals surface area contributed by atoms with E-state index in [1.807, 2.05) is 6.07 Å². The van der Waals surface area contributed by atoms with Crippen LogP contribution in [0.1, 0.15) is 11.1 Å². The van der Waals surface area contributed by atoms with Gasteiger partial charge in [0.05, 0.1) is 5.02 Å². The summed E-state index contributed by atoms with van der Waals surface area (Å²) in [6, 6.07) is 7.19. The molecule has 0 saturated carbocycles. The van der Waals surface area contributed by atoms with Crippen molar-refractivity contribution < 1.29 is 4.74 Å². The van der Waals surface area contributed by atoms with Crippen molar-refractivity contribution >= 4 is 23.2 Å². The molecule has 1 aromatic heterocycles. The van der Waals surface area contributed by atoms with Crippen molar-refractivity contribution in [2.75, 3.05) is 0 Å². The minimum atomic E-state index is 0.371. The molecule has 1 aromatic carbocycles. The number of aromatic nitrogens is 1. The molecule has 5 heteroatoms. The maximum absolute atomic E-state index is 6.00. The van der Waals surface area contributed by atoms with Crippen molar-refractivity contribution in [1.29, 1.82) is 0 Å². The summed E-state index contributed by atoms with van der Waals surface area (Å²) in [6.45, 7) is 0.746. The van der Waals surface area contributed by atoms with E-state index in [1.165, 1.54) is 0 Å². The molecule has 0 aliphatic carbocycles. The minimum Gasteiger partial charge on any atom is -0.489 e. The molecular formula is C13H12Cl2N2O. The standard InChI is InChI=1S/C13H12Cl2N2O/c14-11-1-2-13(10(5-11)6-16)18-8-9-3-4-17-7-12(9)15/h1-5,7H,6,8,16H2. The lowest BCUT2D eigenvalue weighted by Gasteiger charge is -2.11. The van der Waals surface area contributed by atoms with E-state index in [4.69, 9.17) is 33.7 Å². The highest BCUT2D eigenvalue weighted by atomic mass is 35.5. The number of nitrogens with zero attached hydrogens (tertiary/aromatic N) is 1. The Balaban J connectivity index is 2.13. The fourth-order valence-electron chi connectivity index (χ4n) is 1.52. The number of benzene rings is 1. The maximum atomic E-state index is 6.00. The second-order valence-electron chi connectivity index (χ2n) is 3.71. The largest absolute Gasteiger partial charge is 0.489 e. The highest BCUT2D eigenvalue weighted by Gasteiger charge is 2.05. The Morgan fingerprint density at radius 1 is 1.17 bits per heavy atom. The molecule has 0 radical (unpaired) electrons. The van der Waals surface area contributed by atoms with E-state index >= 15 is 0 Å². The van der Waals surface area contributed by atoms with Crippen LogP contribution >= 0.6 is 23.2 Å². The molecular weight excluding hydrogens is 271 g/mol. The summed E-state index contributed by atoms with van der Waals surface area (Å²) in [6.07, 6.45) is 3.27. The van der Waals surface area contributed by atoms with Crippen molar-refractivity contribution in [2.24, 2.45) is 5.73 Å². The van der Waals surface area contributed by atoms with Gasteiger partial charge in [-0.2, -0.15) is 0 Å². The van der Waals surface area contributed by atoms with E-state index in [0.717, 1.165) is 16.9 Å². The zero-order valence-electron chi connectivity index (χ0n) is 9.57. The molecule has 0 atom stereocenters. The highest BCUT2D eigenvalue weighted by molar-refractivity contribution is 6.31. The van der Waals surface area contributed by atoms with Gasteiger partial charge < -0.3 is 10.5 Å². The number of hydrogen-bond acceptors (Lipinski definition) is 3. The third-order valence-corrected chi connectivity index (χ3v) is 3.06. The van der Waals surface area contributed by atoms with Gasteiger partial charge in [-0.25, -0.2) is 0 Å². The lowest BCUT2D eigenvalue weighted by molar-refractivity contribution is 0.303. The summed E-state index contributed by atoms with van der Waals surface area (Å²) in [5.41, 5.74) is 7.39. The van der Waals surface area contributed by atoms with E-state index < -0.39 is 0 Å². The Morgan fingerprint density at radius 2 is 2.00 bits per heavy atom. The predicted octanol–water partition coefficient (Wildman–Crippen LogP) is 3.43. The number of hydrogen-bond donors (Lipinski definition) is 1. The van der Waals surface area contributed by atoms with Crippen LogP contribution in [0.3, 0.4) is 0 Å². The smallest absolute Gasteiger partial charge is 0.124 e. The number of nitrogens with two attached hydrogens (primary N) is 1. The molecule has 2 N–H and O–H groups in total. The quantitative estimate of drug-likeness (QED) is 0.935. The summed E-state index contributed by atoms with van der Waals surface area (Å²) in [4.78, 5) is 3.92. The fraction of sp³-hybridized carbons (Fsp3) is 0.154. The average Bonchev–Trinajstić information content (AvgIpc) is 2.39. The van der Waals surface area contributed by atoms with Crippen LogP contribution in [0.2, 0.25) is 10.0 Å². The third-order valence-electron chi connectivity index (χ3n) is 2.48. The molecule has 0 fully saturated rings. The monoisotopic (exact) mass is 282 g/mol. The normalized spacial score (nSPS) is 10.4. The number of halogens is 2. The molecule has 1 heterocycles. The molecule has 0 amide bonds.